The van der Waals surface area contributed by atoms with Gasteiger partial charge in [0.1, 0.15) is 11.3 Å². The second-order valence-electron chi connectivity index (χ2n) is 5.12. The summed E-state index contributed by atoms with van der Waals surface area (Å²) in [6, 6.07) is 13.9. The van der Waals surface area contributed by atoms with E-state index in [2.05, 4.69) is 23.0 Å². The minimum atomic E-state index is 0.729. The topological polar surface area (TPSA) is 51.1 Å². The number of imidazole rings is 1. The summed E-state index contributed by atoms with van der Waals surface area (Å²) in [5.74, 6) is 2.27. The van der Waals surface area contributed by atoms with Crippen LogP contribution in [-0.2, 0) is 0 Å². The van der Waals surface area contributed by atoms with Crippen molar-refractivity contribution in [3.05, 3.63) is 48.0 Å². The third kappa shape index (κ3) is 1.96. The predicted octanol–water partition coefficient (Wildman–Crippen LogP) is 4.29. The first-order valence-corrected chi connectivity index (χ1v) is 6.77. The van der Waals surface area contributed by atoms with E-state index in [1.165, 1.54) is 5.56 Å². The van der Waals surface area contributed by atoms with Crippen molar-refractivity contribution in [3.8, 4) is 17.3 Å². The van der Waals surface area contributed by atoms with E-state index in [0.717, 1.165) is 39.3 Å². The Morgan fingerprint density at radius 3 is 2.86 bits per heavy atom. The van der Waals surface area contributed by atoms with E-state index in [4.69, 9.17) is 9.15 Å². The molecule has 21 heavy (non-hydrogen) atoms. The molecule has 4 aromatic rings. The minimum absolute atomic E-state index is 0.729. The molecule has 0 spiro atoms. The van der Waals surface area contributed by atoms with Gasteiger partial charge in [-0.1, -0.05) is 11.6 Å². The maximum atomic E-state index is 5.87. The number of hydrogen-bond acceptors (Lipinski definition) is 3. The maximum absolute atomic E-state index is 5.87. The molecule has 0 amide bonds. The van der Waals surface area contributed by atoms with Gasteiger partial charge in [-0.2, -0.15) is 0 Å². The van der Waals surface area contributed by atoms with Crippen LogP contribution in [0.2, 0.25) is 0 Å². The zero-order chi connectivity index (χ0) is 14.4. The highest BCUT2D eigenvalue weighted by Gasteiger charge is 2.11. The van der Waals surface area contributed by atoms with E-state index in [-0.39, 0.29) is 0 Å². The zero-order valence-electron chi connectivity index (χ0n) is 11.8. The predicted molar refractivity (Wildman–Crippen MR) is 82.6 cm³/mol. The average molecular weight is 278 g/mol. The standard InChI is InChI=1S/C17H14N2O2/c1-10-3-6-15-11(7-10)8-16(21-15)17-18-13-5-4-12(20-2)9-14(13)19-17/h3-9H,1-2H3,(H,18,19). The molecule has 0 fully saturated rings. The van der Waals surface area contributed by atoms with Crippen molar-refractivity contribution in [1.82, 2.24) is 9.97 Å². The molecule has 0 atom stereocenters. The Morgan fingerprint density at radius 1 is 1.10 bits per heavy atom. The summed E-state index contributed by atoms with van der Waals surface area (Å²) in [5.41, 5.74) is 3.90. The van der Waals surface area contributed by atoms with E-state index >= 15 is 0 Å². The molecule has 2 heterocycles. The fourth-order valence-corrected chi connectivity index (χ4v) is 2.51. The van der Waals surface area contributed by atoms with E-state index in [1.54, 1.807) is 7.11 Å². The molecule has 0 saturated heterocycles. The van der Waals surface area contributed by atoms with Gasteiger partial charge < -0.3 is 14.1 Å². The van der Waals surface area contributed by atoms with Crippen LogP contribution in [0.3, 0.4) is 0 Å². The van der Waals surface area contributed by atoms with E-state index in [0.29, 0.717) is 0 Å². The van der Waals surface area contributed by atoms with Gasteiger partial charge in [-0.05, 0) is 37.3 Å². The lowest BCUT2D eigenvalue weighted by atomic mass is 10.2. The summed E-state index contributed by atoms with van der Waals surface area (Å²) in [6.07, 6.45) is 0. The highest BCUT2D eigenvalue weighted by atomic mass is 16.5. The summed E-state index contributed by atoms with van der Waals surface area (Å²) in [5, 5.41) is 1.09. The van der Waals surface area contributed by atoms with Gasteiger partial charge in [0.15, 0.2) is 11.6 Å². The van der Waals surface area contributed by atoms with Gasteiger partial charge in [0, 0.05) is 11.5 Å². The van der Waals surface area contributed by atoms with Gasteiger partial charge in [-0.3, -0.25) is 0 Å². The van der Waals surface area contributed by atoms with E-state index < -0.39 is 0 Å². The van der Waals surface area contributed by atoms with Crippen LogP contribution < -0.4 is 4.74 Å². The van der Waals surface area contributed by atoms with Gasteiger partial charge in [0.2, 0.25) is 0 Å². The molecule has 4 heteroatoms. The number of benzene rings is 2. The van der Waals surface area contributed by atoms with Crippen LogP contribution >= 0.6 is 0 Å². The van der Waals surface area contributed by atoms with Crippen molar-refractivity contribution < 1.29 is 9.15 Å². The Kier molecular flexibility index (Phi) is 2.51. The van der Waals surface area contributed by atoms with Gasteiger partial charge in [0.25, 0.3) is 0 Å². The number of nitrogens with zero attached hydrogens (tertiary/aromatic N) is 1. The second-order valence-corrected chi connectivity index (χ2v) is 5.12. The molecule has 4 nitrogen and oxygen atoms in total. The average Bonchev–Trinajstić information content (AvgIpc) is 3.08. The van der Waals surface area contributed by atoms with E-state index in [1.807, 2.05) is 36.4 Å². The molecule has 2 aromatic carbocycles. The van der Waals surface area contributed by atoms with Crippen molar-refractivity contribution in [3.63, 3.8) is 0 Å². The molecule has 2 aromatic heterocycles. The van der Waals surface area contributed by atoms with Gasteiger partial charge in [0.05, 0.1) is 18.1 Å². The van der Waals surface area contributed by atoms with Crippen LogP contribution in [0.4, 0.5) is 0 Å². The number of methoxy groups -OCH3 is 1. The number of fused-ring (bicyclic) bond motifs is 2. The van der Waals surface area contributed by atoms with Gasteiger partial charge in [-0.25, -0.2) is 4.98 Å². The quantitative estimate of drug-likeness (QED) is 0.595. The third-order valence-corrected chi connectivity index (χ3v) is 3.59. The highest BCUT2D eigenvalue weighted by molar-refractivity contribution is 5.85. The first kappa shape index (κ1) is 12.0. The number of aryl methyl sites for hydroxylation is 1. The number of furan rings is 1. The SMILES string of the molecule is COc1ccc2nc(-c3cc4cc(C)ccc4o3)[nH]c2c1. The lowest BCUT2D eigenvalue weighted by Crippen LogP contribution is -1.81. The molecule has 0 unspecified atom stereocenters. The van der Waals surface area contributed by atoms with Crippen LogP contribution in [0.25, 0.3) is 33.6 Å². The number of hydrogen-bond donors (Lipinski definition) is 1. The van der Waals surface area contributed by atoms with Gasteiger partial charge >= 0.3 is 0 Å². The summed E-state index contributed by atoms with van der Waals surface area (Å²) in [7, 11) is 1.65. The Bertz CT molecular complexity index is 950. The normalized spacial score (nSPS) is 11.3. The zero-order valence-corrected chi connectivity index (χ0v) is 11.8. The number of H-pyrrole nitrogens is 1. The van der Waals surface area contributed by atoms with Crippen molar-refractivity contribution >= 4 is 22.0 Å². The molecule has 0 aliphatic carbocycles. The maximum Gasteiger partial charge on any atom is 0.174 e. The Morgan fingerprint density at radius 2 is 2.00 bits per heavy atom. The largest absolute Gasteiger partial charge is 0.497 e. The number of ether oxygens (including phenoxy) is 1. The third-order valence-electron chi connectivity index (χ3n) is 3.59. The Hall–Kier alpha value is -2.75. The van der Waals surface area contributed by atoms with Crippen LogP contribution in [0.1, 0.15) is 5.56 Å². The molecule has 0 saturated carbocycles. The lowest BCUT2D eigenvalue weighted by molar-refractivity contribution is 0.415. The van der Waals surface area contributed by atoms with Crippen molar-refractivity contribution in [2.45, 2.75) is 6.92 Å². The molecule has 0 radical (unpaired) electrons. The van der Waals surface area contributed by atoms with Crippen LogP contribution in [0, 0.1) is 6.92 Å². The lowest BCUT2D eigenvalue weighted by Gasteiger charge is -1.96. The van der Waals surface area contributed by atoms with E-state index in [9.17, 15) is 0 Å². The summed E-state index contributed by atoms with van der Waals surface area (Å²) < 4.78 is 11.1. The van der Waals surface area contributed by atoms with Crippen LogP contribution in [0.5, 0.6) is 5.75 Å². The summed E-state index contributed by atoms with van der Waals surface area (Å²) >= 11 is 0. The number of aromatic amines is 1. The second kappa shape index (κ2) is 4.38. The molecule has 0 aliphatic rings. The smallest absolute Gasteiger partial charge is 0.174 e. The number of nitrogens with one attached hydrogen (secondary N) is 1. The van der Waals surface area contributed by atoms with Crippen molar-refractivity contribution in [1.29, 1.82) is 0 Å². The minimum Gasteiger partial charge on any atom is -0.497 e. The molecule has 4 rings (SSSR count). The highest BCUT2D eigenvalue weighted by Crippen LogP contribution is 2.29. The first-order chi connectivity index (χ1) is 10.2. The molecule has 104 valence electrons. The Balaban J connectivity index is 1.87. The fraction of sp³-hybridized carbons (Fsp3) is 0.118. The van der Waals surface area contributed by atoms with Crippen LogP contribution in [0.15, 0.2) is 46.9 Å². The van der Waals surface area contributed by atoms with Gasteiger partial charge in [-0.15, -0.1) is 0 Å². The molecule has 0 aliphatic heterocycles. The van der Waals surface area contributed by atoms with Crippen molar-refractivity contribution in [2.24, 2.45) is 0 Å². The summed E-state index contributed by atoms with van der Waals surface area (Å²) in [4.78, 5) is 7.85. The number of rotatable bonds is 2. The monoisotopic (exact) mass is 278 g/mol. The fourth-order valence-electron chi connectivity index (χ4n) is 2.51. The molecular formula is C17H14N2O2. The molecule has 0 bridgehead atoms. The van der Waals surface area contributed by atoms with Crippen molar-refractivity contribution in [2.75, 3.05) is 7.11 Å². The first-order valence-electron chi connectivity index (χ1n) is 6.77. The van der Waals surface area contributed by atoms with Crippen LogP contribution in [-0.4, -0.2) is 17.1 Å². The molecular weight excluding hydrogens is 264 g/mol. The molecule has 1 N–H and O–H groups in total. The summed E-state index contributed by atoms with van der Waals surface area (Å²) in [6.45, 7) is 2.07. The number of aromatic nitrogens is 2. The Labute approximate surface area is 121 Å².